The normalized spacial score (nSPS) is 11.4. The number of ether oxygens (including phenoxy) is 1. The maximum Gasteiger partial charge on any atom is 0.253 e. The predicted molar refractivity (Wildman–Crippen MR) is 102 cm³/mol. The summed E-state index contributed by atoms with van der Waals surface area (Å²) in [4.78, 5) is 12.5. The molecular formula is C19H24N2O4S. The maximum atomic E-state index is 12.5. The van der Waals surface area contributed by atoms with E-state index in [-0.39, 0.29) is 23.3 Å². The summed E-state index contributed by atoms with van der Waals surface area (Å²) in [5, 5.41) is 2.82. The summed E-state index contributed by atoms with van der Waals surface area (Å²) in [5.41, 5.74) is 2.50. The second kappa shape index (κ2) is 8.82. The molecule has 2 aromatic carbocycles. The Bertz CT molecular complexity index is 863. The summed E-state index contributed by atoms with van der Waals surface area (Å²) in [7, 11) is -3.46. The van der Waals surface area contributed by atoms with Crippen molar-refractivity contribution in [1.82, 2.24) is 5.32 Å². The minimum atomic E-state index is -3.46. The second-order valence-corrected chi connectivity index (χ2v) is 8.03. The molecule has 0 fully saturated rings. The molecular weight excluding hydrogens is 352 g/mol. The molecule has 7 heteroatoms. The molecule has 0 aliphatic carbocycles. The van der Waals surface area contributed by atoms with Gasteiger partial charge in [0.25, 0.3) is 5.91 Å². The van der Waals surface area contributed by atoms with E-state index in [0.29, 0.717) is 13.2 Å². The fraction of sp³-hybridized carbons (Fsp3) is 0.316. The van der Waals surface area contributed by atoms with E-state index in [4.69, 9.17) is 4.74 Å². The van der Waals surface area contributed by atoms with E-state index in [1.807, 2.05) is 38.1 Å². The largest absolute Gasteiger partial charge is 0.374 e. The second-order valence-electron chi connectivity index (χ2n) is 6.28. The Balaban J connectivity index is 2.04. The number of amides is 1. The highest BCUT2D eigenvalue weighted by atomic mass is 32.2. The van der Waals surface area contributed by atoms with Gasteiger partial charge < -0.3 is 10.1 Å². The molecule has 0 spiro atoms. The van der Waals surface area contributed by atoms with Crippen molar-refractivity contribution in [2.75, 3.05) is 11.0 Å². The molecule has 0 heterocycles. The highest BCUT2D eigenvalue weighted by Crippen LogP contribution is 2.16. The van der Waals surface area contributed by atoms with Gasteiger partial charge in [-0.2, -0.15) is 0 Å². The van der Waals surface area contributed by atoms with E-state index in [1.165, 1.54) is 0 Å². The molecule has 1 amide bonds. The highest BCUT2D eigenvalue weighted by molar-refractivity contribution is 7.92. The molecule has 2 N–H and O–H groups in total. The lowest BCUT2D eigenvalue weighted by Crippen LogP contribution is -2.24. The number of hydrogen-bond donors (Lipinski definition) is 2. The summed E-state index contributed by atoms with van der Waals surface area (Å²) in [6.07, 6.45) is 1.20. The van der Waals surface area contributed by atoms with Gasteiger partial charge in [-0.25, -0.2) is 8.42 Å². The van der Waals surface area contributed by atoms with Crippen molar-refractivity contribution in [3.8, 4) is 0 Å². The number of para-hydroxylation sites is 1. The third-order valence-corrected chi connectivity index (χ3v) is 4.09. The standard InChI is InChI=1S/C19H24N2O4S/c1-14(2)25-13-16-8-6-7-15(11-16)12-20-19(22)17-9-4-5-10-18(17)21-26(3,23)24/h4-11,14,21H,12-13H2,1-3H3,(H,20,22). The summed E-state index contributed by atoms with van der Waals surface area (Å²) < 4.78 is 30.8. The van der Waals surface area contributed by atoms with E-state index >= 15 is 0 Å². The third kappa shape index (κ3) is 6.50. The Kier molecular flexibility index (Phi) is 6.76. The number of nitrogens with one attached hydrogen (secondary N) is 2. The smallest absolute Gasteiger partial charge is 0.253 e. The summed E-state index contributed by atoms with van der Waals surface area (Å²) in [6, 6.07) is 14.3. The molecule has 2 rings (SSSR count). The van der Waals surface area contributed by atoms with Crippen LogP contribution in [0.2, 0.25) is 0 Å². The molecule has 0 aromatic heterocycles. The minimum Gasteiger partial charge on any atom is -0.374 e. The van der Waals surface area contributed by atoms with Gasteiger partial charge in [0.2, 0.25) is 10.0 Å². The Hall–Kier alpha value is -2.38. The Morgan fingerprint density at radius 1 is 1.08 bits per heavy atom. The number of benzene rings is 2. The van der Waals surface area contributed by atoms with Crippen molar-refractivity contribution < 1.29 is 17.9 Å². The monoisotopic (exact) mass is 376 g/mol. The van der Waals surface area contributed by atoms with E-state index < -0.39 is 10.0 Å². The van der Waals surface area contributed by atoms with Crippen molar-refractivity contribution in [3.05, 3.63) is 65.2 Å². The van der Waals surface area contributed by atoms with Crippen LogP contribution in [0, 0.1) is 0 Å². The number of anilines is 1. The van der Waals surface area contributed by atoms with Crippen LogP contribution in [0.4, 0.5) is 5.69 Å². The van der Waals surface area contributed by atoms with Crippen LogP contribution in [-0.4, -0.2) is 26.7 Å². The number of carbonyl (C=O) groups is 1. The van der Waals surface area contributed by atoms with Gasteiger partial charge in [0.15, 0.2) is 0 Å². The van der Waals surface area contributed by atoms with Crippen LogP contribution in [0.25, 0.3) is 0 Å². The van der Waals surface area contributed by atoms with Crippen LogP contribution >= 0.6 is 0 Å². The van der Waals surface area contributed by atoms with E-state index in [0.717, 1.165) is 17.4 Å². The average molecular weight is 376 g/mol. The van der Waals surface area contributed by atoms with E-state index in [9.17, 15) is 13.2 Å². The molecule has 0 unspecified atom stereocenters. The van der Waals surface area contributed by atoms with Gasteiger partial charge >= 0.3 is 0 Å². The molecule has 0 aliphatic rings. The van der Waals surface area contributed by atoms with Crippen LogP contribution in [0.15, 0.2) is 48.5 Å². The Morgan fingerprint density at radius 3 is 2.46 bits per heavy atom. The lowest BCUT2D eigenvalue weighted by Gasteiger charge is -2.12. The first-order chi connectivity index (χ1) is 12.2. The SMILES string of the molecule is CC(C)OCc1cccc(CNC(=O)c2ccccc2NS(C)(=O)=O)c1. The molecule has 6 nitrogen and oxygen atoms in total. The van der Waals surface area contributed by atoms with Gasteiger partial charge in [0, 0.05) is 6.54 Å². The van der Waals surface area contributed by atoms with Gasteiger partial charge in [-0.15, -0.1) is 0 Å². The van der Waals surface area contributed by atoms with Crippen molar-refractivity contribution in [2.24, 2.45) is 0 Å². The fourth-order valence-corrected chi connectivity index (χ4v) is 2.92. The number of carbonyl (C=O) groups excluding carboxylic acids is 1. The van der Waals surface area contributed by atoms with E-state index in [2.05, 4.69) is 10.0 Å². The molecule has 2 aromatic rings. The zero-order valence-corrected chi connectivity index (χ0v) is 16.0. The predicted octanol–water partition coefficient (Wildman–Crippen LogP) is 2.91. The van der Waals surface area contributed by atoms with Crippen molar-refractivity contribution in [3.63, 3.8) is 0 Å². The van der Waals surface area contributed by atoms with Crippen LogP contribution in [0.3, 0.4) is 0 Å². The summed E-state index contributed by atoms with van der Waals surface area (Å²) in [6.45, 7) is 4.81. The van der Waals surface area contributed by atoms with Crippen LogP contribution in [-0.2, 0) is 27.9 Å². The third-order valence-electron chi connectivity index (χ3n) is 3.49. The average Bonchev–Trinajstić information content (AvgIpc) is 2.57. The van der Waals surface area contributed by atoms with Crippen molar-refractivity contribution >= 4 is 21.6 Å². The van der Waals surface area contributed by atoms with E-state index in [1.54, 1.807) is 24.3 Å². The highest BCUT2D eigenvalue weighted by Gasteiger charge is 2.13. The zero-order chi connectivity index (χ0) is 19.2. The van der Waals surface area contributed by atoms with Crippen LogP contribution < -0.4 is 10.0 Å². The summed E-state index contributed by atoms with van der Waals surface area (Å²) >= 11 is 0. The maximum absolute atomic E-state index is 12.5. The lowest BCUT2D eigenvalue weighted by atomic mass is 10.1. The zero-order valence-electron chi connectivity index (χ0n) is 15.2. The molecule has 140 valence electrons. The van der Waals surface area contributed by atoms with Gasteiger partial charge in [-0.1, -0.05) is 36.4 Å². The molecule has 0 saturated carbocycles. The first kappa shape index (κ1) is 19.9. The van der Waals surface area contributed by atoms with Crippen LogP contribution in [0.5, 0.6) is 0 Å². The van der Waals surface area contributed by atoms with Gasteiger partial charge in [-0.3, -0.25) is 9.52 Å². The van der Waals surface area contributed by atoms with Gasteiger partial charge in [0.05, 0.1) is 30.2 Å². The molecule has 0 bridgehead atoms. The van der Waals surface area contributed by atoms with Gasteiger partial charge in [0.1, 0.15) is 0 Å². The molecule has 0 radical (unpaired) electrons. The minimum absolute atomic E-state index is 0.150. The number of sulfonamides is 1. The number of rotatable bonds is 8. The van der Waals surface area contributed by atoms with Gasteiger partial charge in [-0.05, 0) is 37.1 Å². The van der Waals surface area contributed by atoms with Crippen LogP contribution in [0.1, 0.15) is 35.3 Å². The lowest BCUT2D eigenvalue weighted by molar-refractivity contribution is 0.0657. The quantitative estimate of drug-likeness (QED) is 0.742. The molecule has 0 atom stereocenters. The fourth-order valence-electron chi connectivity index (χ4n) is 2.34. The topological polar surface area (TPSA) is 84.5 Å². The molecule has 0 aliphatic heterocycles. The van der Waals surface area contributed by atoms with Crippen molar-refractivity contribution in [1.29, 1.82) is 0 Å². The first-order valence-electron chi connectivity index (χ1n) is 8.29. The number of hydrogen-bond acceptors (Lipinski definition) is 4. The molecule has 0 saturated heterocycles. The molecule has 26 heavy (non-hydrogen) atoms. The van der Waals surface area contributed by atoms with Crippen molar-refractivity contribution in [2.45, 2.75) is 33.1 Å². The summed E-state index contributed by atoms with van der Waals surface area (Å²) in [5.74, 6) is -0.347. The Morgan fingerprint density at radius 2 is 1.77 bits per heavy atom. The Labute approximate surface area is 154 Å². The first-order valence-corrected chi connectivity index (χ1v) is 10.2.